The molecule has 45 heavy (non-hydrogen) atoms. The first-order chi connectivity index (χ1) is 21.6. The van der Waals surface area contributed by atoms with Crippen LogP contribution in [-0.4, -0.2) is 128 Å². The minimum Gasteiger partial charge on any atom is -0.492 e. The zero-order valence-electron chi connectivity index (χ0n) is 27.0. The molecular weight excluding hydrogens is 581 g/mol. The standard InChI is InChI=1S/C34H50FN3O7/c1-25(2)20-26-21-37(34(42)28-14-8-9-15-29(28)35)22-31(43-4)33(41)30(39)24-44-18-11-10-16-38(26)32(40)23-36(3)17-19-45-27-12-6-5-7-13-27/h5-9,12-15,25-26,30-31,33,39,41H,10-11,16-24H2,1-4H3/t26-,30-,31-,33-/m1/s1. The fraction of sp³-hybridized carbons (Fsp3) is 0.588. The van der Waals surface area contributed by atoms with Gasteiger partial charge in [0.25, 0.3) is 5.91 Å². The van der Waals surface area contributed by atoms with Crippen molar-refractivity contribution in [3.8, 4) is 5.75 Å². The lowest BCUT2D eigenvalue weighted by atomic mass is 9.99. The molecule has 0 unspecified atom stereocenters. The van der Waals surface area contributed by atoms with E-state index in [1.165, 1.54) is 30.2 Å². The molecule has 4 atom stereocenters. The summed E-state index contributed by atoms with van der Waals surface area (Å²) < 4.78 is 31.8. The molecule has 0 radical (unpaired) electrons. The number of rotatable bonds is 10. The largest absolute Gasteiger partial charge is 0.492 e. The Labute approximate surface area is 266 Å². The molecule has 1 aliphatic rings. The van der Waals surface area contributed by atoms with E-state index in [2.05, 4.69) is 13.8 Å². The van der Waals surface area contributed by atoms with Crippen molar-refractivity contribution in [3.63, 3.8) is 0 Å². The van der Waals surface area contributed by atoms with Gasteiger partial charge in [0.15, 0.2) is 0 Å². The third kappa shape index (κ3) is 11.7. The number of ether oxygens (including phenoxy) is 3. The number of para-hydroxylation sites is 1. The number of benzene rings is 2. The van der Waals surface area contributed by atoms with E-state index >= 15 is 0 Å². The molecule has 2 aromatic rings. The van der Waals surface area contributed by atoms with E-state index in [1.807, 2.05) is 47.2 Å². The maximum atomic E-state index is 14.9. The summed E-state index contributed by atoms with van der Waals surface area (Å²) in [5.74, 6) is -0.402. The maximum Gasteiger partial charge on any atom is 0.256 e. The lowest BCUT2D eigenvalue weighted by Crippen LogP contribution is -2.55. The number of methoxy groups -OCH3 is 1. The van der Waals surface area contributed by atoms with Crippen LogP contribution in [0.25, 0.3) is 0 Å². The van der Waals surface area contributed by atoms with E-state index in [-0.39, 0.29) is 43.6 Å². The summed E-state index contributed by atoms with van der Waals surface area (Å²) in [6.07, 6.45) is -1.72. The van der Waals surface area contributed by atoms with E-state index in [4.69, 9.17) is 14.2 Å². The number of hydrogen-bond donors (Lipinski definition) is 2. The van der Waals surface area contributed by atoms with Crippen molar-refractivity contribution in [2.45, 2.75) is 57.5 Å². The second-order valence-corrected chi connectivity index (χ2v) is 12.1. The summed E-state index contributed by atoms with van der Waals surface area (Å²) in [6.45, 7) is 5.84. The molecule has 0 bridgehead atoms. The third-order valence-electron chi connectivity index (χ3n) is 7.92. The average Bonchev–Trinajstić information content (AvgIpc) is 3.01. The molecule has 1 fully saturated rings. The minimum absolute atomic E-state index is 0.0899. The van der Waals surface area contributed by atoms with Gasteiger partial charge in [-0.2, -0.15) is 0 Å². The summed E-state index contributed by atoms with van der Waals surface area (Å²) in [7, 11) is 3.25. The highest BCUT2D eigenvalue weighted by Gasteiger charge is 2.34. The Kier molecular flexibility index (Phi) is 15.2. The second kappa shape index (κ2) is 18.8. The first-order valence-corrected chi connectivity index (χ1v) is 15.8. The molecule has 2 aromatic carbocycles. The Morgan fingerprint density at radius 2 is 1.78 bits per heavy atom. The van der Waals surface area contributed by atoms with Gasteiger partial charge in [0.1, 0.15) is 36.5 Å². The van der Waals surface area contributed by atoms with Crippen LogP contribution in [0.2, 0.25) is 0 Å². The number of aliphatic hydroxyl groups excluding tert-OH is 2. The highest BCUT2D eigenvalue weighted by atomic mass is 19.1. The predicted molar refractivity (Wildman–Crippen MR) is 170 cm³/mol. The summed E-state index contributed by atoms with van der Waals surface area (Å²) in [4.78, 5) is 33.0. The van der Waals surface area contributed by atoms with Gasteiger partial charge in [-0.3, -0.25) is 14.5 Å². The zero-order chi connectivity index (χ0) is 32.8. The number of aliphatic hydroxyl groups is 2. The van der Waals surface area contributed by atoms with Gasteiger partial charge in [0.2, 0.25) is 5.91 Å². The van der Waals surface area contributed by atoms with Crippen LogP contribution in [0.4, 0.5) is 4.39 Å². The third-order valence-corrected chi connectivity index (χ3v) is 7.92. The molecule has 0 aromatic heterocycles. The number of carbonyl (C=O) groups is 2. The molecule has 3 rings (SSSR count). The van der Waals surface area contributed by atoms with Gasteiger partial charge in [0, 0.05) is 45.9 Å². The van der Waals surface area contributed by atoms with Crippen molar-refractivity contribution < 1.29 is 38.4 Å². The highest BCUT2D eigenvalue weighted by molar-refractivity contribution is 5.94. The van der Waals surface area contributed by atoms with Gasteiger partial charge in [-0.05, 0) is 56.5 Å². The molecule has 0 aliphatic carbocycles. The molecule has 0 saturated carbocycles. The minimum atomic E-state index is -1.36. The molecule has 11 heteroatoms. The lowest BCUT2D eigenvalue weighted by Gasteiger charge is -2.39. The number of halogens is 1. The Morgan fingerprint density at radius 3 is 2.47 bits per heavy atom. The quantitative estimate of drug-likeness (QED) is 0.412. The summed E-state index contributed by atoms with van der Waals surface area (Å²) in [5, 5.41) is 21.5. The van der Waals surface area contributed by atoms with Crippen molar-refractivity contribution in [2.24, 2.45) is 5.92 Å². The Bertz CT molecular complexity index is 1170. The van der Waals surface area contributed by atoms with Crippen LogP contribution in [0.5, 0.6) is 5.75 Å². The van der Waals surface area contributed by atoms with Crippen LogP contribution >= 0.6 is 0 Å². The van der Waals surface area contributed by atoms with Gasteiger partial charge in [-0.15, -0.1) is 0 Å². The maximum absolute atomic E-state index is 14.9. The first kappa shape index (κ1) is 36.4. The number of likely N-dealkylation sites (N-methyl/N-ethyl adjacent to an activating group) is 1. The smallest absolute Gasteiger partial charge is 0.256 e. The molecule has 1 saturated heterocycles. The van der Waals surface area contributed by atoms with Crippen LogP contribution in [0, 0.1) is 11.7 Å². The Balaban J connectivity index is 1.88. The predicted octanol–water partition coefficient (Wildman–Crippen LogP) is 3.07. The number of hydrogen-bond acceptors (Lipinski definition) is 8. The molecule has 1 heterocycles. The van der Waals surface area contributed by atoms with Crippen molar-refractivity contribution in [1.82, 2.24) is 14.7 Å². The molecule has 1 aliphatic heterocycles. The molecule has 10 nitrogen and oxygen atoms in total. The van der Waals surface area contributed by atoms with Crippen LogP contribution in [0.1, 0.15) is 43.5 Å². The number of nitrogens with zero attached hydrogens (tertiary/aromatic N) is 3. The summed E-state index contributed by atoms with van der Waals surface area (Å²) in [5.41, 5.74) is -0.119. The first-order valence-electron chi connectivity index (χ1n) is 15.8. The van der Waals surface area contributed by atoms with E-state index in [9.17, 15) is 24.2 Å². The fourth-order valence-electron chi connectivity index (χ4n) is 5.47. The van der Waals surface area contributed by atoms with Crippen molar-refractivity contribution in [3.05, 3.63) is 66.0 Å². The van der Waals surface area contributed by atoms with Crippen molar-refractivity contribution in [2.75, 3.05) is 66.7 Å². The average molecular weight is 632 g/mol. The number of carbonyl (C=O) groups excluding carboxylic acids is 2. The van der Waals surface area contributed by atoms with Crippen LogP contribution in [0.15, 0.2) is 54.6 Å². The van der Waals surface area contributed by atoms with Crippen molar-refractivity contribution in [1.29, 1.82) is 0 Å². The normalized spacial score (nSPS) is 22.3. The van der Waals surface area contributed by atoms with Gasteiger partial charge >= 0.3 is 0 Å². The SMILES string of the molecule is CO[C@@H]1CN(C(=O)c2ccccc2F)C[C@@H](CC(C)C)N(C(=O)CN(C)CCOc2ccccc2)CCCCOC[C@@H](O)[C@H]1O. The van der Waals surface area contributed by atoms with Crippen LogP contribution in [0.3, 0.4) is 0 Å². The second-order valence-electron chi connectivity index (χ2n) is 12.1. The zero-order valence-corrected chi connectivity index (χ0v) is 27.0. The Morgan fingerprint density at radius 1 is 1.07 bits per heavy atom. The molecular formula is C34H50FN3O7. The van der Waals surface area contributed by atoms with E-state index < -0.39 is 36.1 Å². The molecule has 0 spiro atoms. The topological polar surface area (TPSA) is 112 Å². The van der Waals surface area contributed by atoms with Crippen LogP contribution < -0.4 is 4.74 Å². The van der Waals surface area contributed by atoms with E-state index in [0.29, 0.717) is 45.6 Å². The lowest BCUT2D eigenvalue weighted by molar-refractivity contribution is -0.136. The molecule has 2 amide bonds. The van der Waals surface area contributed by atoms with Gasteiger partial charge < -0.3 is 34.2 Å². The van der Waals surface area contributed by atoms with Gasteiger partial charge in [-0.25, -0.2) is 4.39 Å². The summed E-state index contributed by atoms with van der Waals surface area (Å²) in [6, 6.07) is 14.8. The Hall–Kier alpha value is -3.09. The van der Waals surface area contributed by atoms with Crippen LogP contribution in [-0.2, 0) is 14.3 Å². The fourth-order valence-corrected chi connectivity index (χ4v) is 5.47. The number of amides is 2. The summed E-state index contributed by atoms with van der Waals surface area (Å²) >= 11 is 0. The van der Waals surface area contributed by atoms with E-state index in [1.54, 1.807) is 6.07 Å². The molecule has 250 valence electrons. The van der Waals surface area contributed by atoms with Gasteiger partial charge in [0.05, 0.1) is 18.7 Å². The molecule has 2 N–H and O–H groups in total. The van der Waals surface area contributed by atoms with Gasteiger partial charge in [-0.1, -0.05) is 44.2 Å². The highest BCUT2D eigenvalue weighted by Crippen LogP contribution is 2.20. The monoisotopic (exact) mass is 631 g/mol. The van der Waals surface area contributed by atoms with Crippen molar-refractivity contribution >= 4 is 11.8 Å². The van der Waals surface area contributed by atoms with E-state index in [0.717, 1.165) is 5.75 Å².